The number of amides is 1. The SMILES string of the molecule is CSc1ccc2nc3n(c2c1)CC(NC(=O)O)C(c1cc(F)c(F)cc1F)C3. The van der Waals surface area contributed by atoms with Crippen molar-refractivity contribution < 1.29 is 23.1 Å². The second kappa shape index (κ2) is 7.05. The van der Waals surface area contributed by atoms with Gasteiger partial charge in [-0.15, -0.1) is 11.8 Å². The van der Waals surface area contributed by atoms with Crippen molar-refractivity contribution in [1.29, 1.82) is 0 Å². The zero-order valence-electron chi connectivity index (χ0n) is 14.7. The maximum absolute atomic E-state index is 14.4. The molecule has 0 saturated heterocycles. The van der Waals surface area contributed by atoms with Gasteiger partial charge in [0.2, 0.25) is 0 Å². The number of aromatic nitrogens is 2. The Balaban J connectivity index is 1.82. The van der Waals surface area contributed by atoms with E-state index in [1.807, 2.05) is 29.0 Å². The highest BCUT2D eigenvalue weighted by Crippen LogP contribution is 2.35. The first kappa shape index (κ1) is 18.7. The van der Waals surface area contributed by atoms with Crippen molar-refractivity contribution in [2.75, 3.05) is 6.26 Å². The molecule has 4 rings (SSSR count). The van der Waals surface area contributed by atoms with E-state index in [0.29, 0.717) is 11.9 Å². The normalized spacial score (nSPS) is 18.9. The quantitative estimate of drug-likeness (QED) is 0.506. The zero-order valence-corrected chi connectivity index (χ0v) is 15.6. The van der Waals surface area contributed by atoms with E-state index >= 15 is 0 Å². The summed E-state index contributed by atoms with van der Waals surface area (Å²) in [6.07, 6.45) is 0.873. The molecule has 2 N–H and O–H groups in total. The lowest BCUT2D eigenvalue weighted by Gasteiger charge is -2.33. The molecule has 2 unspecified atom stereocenters. The Kier molecular flexibility index (Phi) is 4.70. The summed E-state index contributed by atoms with van der Waals surface area (Å²) in [6.45, 7) is 0.207. The van der Waals surface area contributed by atoms with Crippen LogP contribution in [0.5, 0.6) is 0 Å². The topological polar surface area (TPSA) is 67.2 Å². The second-order valence-electron chi connectivity index (χ2n) is 6.65. The summed E-state index contributed by atoms with van der Waals surface area (Å²) in [5.41, 5.74) is 1.53. The highest BCUT2D eigenvalue weighted by molar-refractivity contribution is 7.98. The van der Waals surface area contributed by atoms with Gasteiger partial charge in [-0.1, -0.05) is 0 Å². The lowest BCUT2D eigenvalue weighted by atomic mass is 9.85. The van der Waals surface area contributed by atoms with Crippen molar-refractivity contribution >= 4 is 28.9 Å². The number of imidazole rings is 1. The molecule has 1 amide bonds. The molecule has 0 aliphatic carbocycles. The van der Waals surface area contributed by atoms with Crippen LogP contribution in [0.3, 0.4) is 0 Å². The highest BCUT2D eigenvalue weighted by atomic mass is 32.2. The van der Waals surface area contributed by atoms with Crippen molar-refractivity contribution in [3.05, 3.63) is 59.2 Å². The largest absolute Gasteiger partial charge is 0.465 e. The van der Waals surface area contributed by atoms with E-state index in [9.17, 15) is 23.1 Å². The summed E-state index contributed by atoms with van der Waals surface area (Å²) in [5, 5.41) is 11.6. The molecule has 9 heteroatoms. The molecule has 0 saturated carbocycles. The molecule has 0 spiro atoms. The monoisotopic (exact) mass is 407 g/mol. The number of thioether (sulfide) groups is 1. The fourth-order valence-corrected chi connectivity index (χ4v) is 4.19. The van der Waals surface area contributed by atoms with Crippen molar-refractivity contribution in [1.82, 2.24) is 14.9 Å². The van der Waals surface area contributed by atoms with Gasteiger partial charge in [-0.3, -0.25) is 0 Å². The van der Waals surface area contributed by atoms with Crippen LogP contribution in [0.1, 0.15) is 17.3 Å². The molecule has 2 heterocycles. The summed E-state index contributed by atoms with van der Waals surface area (Å²) < 4.78 is 43.4. The molecule has 2 aromatic carbocycles. The Morgan fingerprint density at radius 1 is 1.21 bits per heavy atom. The van der Waals surface area contributed by atoms with Crippen LogP contribution >= 0.6 is 11.8 Å². The zero-order chi connectivity index (χ0) is 20.0. The average molecular weight is 407 g/mol. The van der Waals surface area contributed by atoms with Crippen molar-refractivity contribution in [2.45, 2.75) is 29.8 Å². The van der Waals surface area contributed by atoms with Gasteiger partial charge in [0.1, 0.15) is 11.6 Å². The number of nitrogens with one attached hydrogen (secondary N) is 1. The summed E-state index contributed by atoms with van der Waals surface area (Å²) in [6, 6.07) is 6.35. The smallest absolute Gasteiger partial charge is 0.404 e. The van der Waals surface area contributed by atoms with Crippen LogP contribution in [0.4, 0.5) is 18.0 Å². The summed E-state index contributed by atoms with van der Waals surface area (Å²) in [4.78, 5) is 16.9. The summed E-state index contributed by atoms with van der Waals surface area (Å²) in [5.74, 6) is -3.43. The summed E-state index contributed by atoms with van der Waals surface area (Å²) >= 11 is 1.57. The molecule has 0 radical (unpaired) electrons. The Morgan fingerprint density at radius 3 is 2.68 bits per heavy atom. The highest BCUT2D eigenvalue weighted by Gasteiger charge is 2.35. The maximum atomic E-state index is 14.4. The molecule has 1 aliphatic heterocycles. The molecule has 2 atom stereocenters. The van der Waals surface area contributed by atoms with Crippen LogP contribution in [-0.2, 0) is 13.0 Å². The molecule has 146 valence electrons. The predicted octanol–water partition coefficient (Wildman–Crippen LogP) is 4.15. The first-order valence-electron chi connectivity index (χ1n) is 8.54. The molecule has 3 aromatic rings. The molecule has 0 bridgehead atoms. The van der Waals surface area contributed by atoms with Crippen LogP contribution in [0.25, 0.3) is 11.0 Å². The van der Waals surface area contributed by atoms with Gasteiger partial charge in [0, 0.05) is 29.8 Å². The number of nitrogens with zero attached hydrogens (tertiary/aromatic N) is 2. The molecule has 5 nitrogen and oxygen atoms in total. The fraction of sp³-hybridized carbons (Fsp3) is 0.263. The number of rotatable bonds is 3. The average Bonchev–Trinajstić information content (AvgIpc) is 3.00. The third-order valence-corrected chi connectivity index (χ3v) is 5.78. The minimum atomic E-state index is -1.28. The Labute approximate surface area is 162 Å². The fourth-order valence-electron chi connectivity index (χ4n) is 3.76. The van der Waals surface area contributed by atoms with Crippen molar-refractivity contribution in [3.8, 4) is 0 Å². The van der Waals surface area contributed by atoms with E-state index in [2.05, 4.69) is 10.3 Å². The number of carbonyl (C=O) groups is 1. The van der Waals surface area contributed by atoms with Crippen LogP contribution < -0.4 is 5.32 Å². The first-order chi connectivity index (χ1) is 13.4. The van der Waals surface area contributed by atoms with Crippen LogP contribution in [-0.4, -0.2) is 33.0 Å². The Bertz CT molecular complexity index is 1090. The molecule has 28 heavy (non-hydrogen) atoms. The minimum absolute atomic E-state index is 0.0687. The van der Waals surface area contributed by atoms with Gasteiger partial charge in [0.15, 0.2) is 11.6 Å². The molecule has 0 fully saturated rings. The lowest BCUT2D eigenvalue weighted by molar-refractivity contribution is 0.183. The maximum Gasteiger partial charge on any atom is 0.404 e. The molecule has 1 aliphatic rings. The lowest BCUT2D eigenvalue weighted by Crippen LogP contribution is -2.45. The van der Waals surface area contributed by atoms with E-state index in [1.165, 1.54) is 0 Å². The van der Waals surface area contributed by atoms with Gasteiger partial charge in [-0.2, -0.15) is 0 Å². The Hall–Kier alpha value is -2.68. The van der Waals surface area contributed by atoms with Crippen molar-refractivity contribution in [2.24, 2.45) is 0 Å². The van der Waals surface area contributed by atoms with Crippen LogP contribution in [0.2, 0.25) is 0 Å². The molecular formula is C19H16F3N3O2S. The third-order valence-electron chi connectivity index (χ3n) is 5.05. The van der Waals surface area contributed by atoms with Gasteiger partial charge in [-0.25, -0.2) is 22.9 Å². The molecular weight excluding hydrogens is 391 g/mol. The van der Waals surface area contributed by atoms with Crippen molar-refractivity contribution in [3.63, 3.8) is 0 Å². The van der Waals surface area contributed by atoms with E-state index in [4.69, 9.17) is 0 Å². The van der Waals surface area contributed by atoms with Gasteiger partial charge >= 0.3 is 6.09 Å². The van der Waals surface area contributed by atoms with Gasteiger partial charge in [0.25, 0.3) is 0 Å². The third kappa shape index (κ3) is 3.19. The Morgan fingerprint density at radius 2 is 1.96 bits per heavy atom. The van der Waals surface area contributed by atoms with E-state index < -0.39 is 35.5 Å². The van der Waals surface area contributed by atoms with Gasteiger partial charge in [0.05, 0.1) is 17.1 Å². The number of hydrogen-bond acceptors (Lipinski definition) is 3. The summed E-state index contributed by atoms with van der Waals surface area (Å²) in [7, 11) is 0. The van der Waals surface area contributed by atoms with Gasteiger partial charge in [-0.05, 0) is 36.1 Å². The number of benzene rings is 2. The second-order valence-corrected chi connectivity index (χ2v) is 7.53. The first-order valence-corrected chi connectivity index (χ1v) is 9.77. The number of carboxylic acid groups (broad SMARTS) is 1. The number of fused-ring (bicyclic) bond motifs is 3. The minimum Gasteiger partial charge on any atom is -0.465 e. The number of halogens is 3. The van der Waals surface area contributed by atoms with E-state index in [-0.39, 0.29) is 18.5 Å². The van der Waals surface area contributed by atoms with E-state index in [0.717, 1.165) is 22.0 Å². The van der Waals surface area contributed by atoms with E-state index in [1.54, 1.807) is 11.8 Å². The standard InChI is InChI=1S/C19H16F3N3O2S/c1-28-9-2-3-15-17(4-9)25-8-16(24-19(26)27)11(6-18(25)23-15)10-5-13(21)14(22)7-12(10)20/h2-5,7,11,16,24H,6,8H2,1H3,(H,26,27). The van der Waals surface area contributed by atoms with Gasteiger partial charge < -0.3 is 15.0 Å². The van der Waals surface area contributed by atoms with Crippen LogP contribution in [0.15, 0.2) is 35.2 Å². The molecule has 1 aromatic heterocycles. The predicted molar refractivity (Wildman–Crippen MR) is 99.2 cm³/mol. The number of hydrogen-bond donors (Lipinski definition) is 2. The van der Waals surface area contributed by atoms with Crippen LogP contribution in [0, 0.1) is 17.5 Å².